The zero-order valence-electron chi connectivity index (χ0n) is 25.5. The van der Waals surface area contributed by atoms with Gasteiger partial charge in [-0.1, -0.05) is 30.3 Å². The van der Waals surface area contributed by atoms with Gasteiger partial charge in [-0.05, 0) is 83.1 Å². The summed E-state index contributed by atoms with van der Waals surface area (Å²) in [6, 6.07) is 22.9. The Labute approximate surface area is 269 Å². The fraction of sp³-hybridized carbons (Fsp3) is 0.270. The van der Waals surface area contributed by atoms with Crippen molar-refractivity contribution in [3.05, 3.63) is 108 Å². The van der Waals surface area contributed by atoms with E-state index >= 15 is 0 Å². The van der Waals surface area contributed by atoms with Crippen molar-refractivity contribution >= 4 is 28.6 Å². The van der Waals surface area contributed by atoms with Gasteiger partial charge in [0.05, 0.1) is 0 Å². The number of carbonyl (C=O) groups excluding carboxylic acids is 2. The monoisotopic (exact) mass is 638 g/mol. The molecule has 3 aromatic carbocycles. The van der Waals surface area contributed by atoms with Gasteiger partial charge >= 0.3 is 0 Å². The molecule has 47 heavy (non-hydrogen) atoms. The molecule has 7 rings (SSSR count). The minimum Gasteiger partial charge on any atom is -0.460 e. The fourth-order valence-electron chi connectivity index (χ4n) is 6.29. The zero-order chi connectivity index (χ0) is 32.7. The number of piperidine rings is 1. The highest BCUT2D eigenvalue weighted by molar-refractivity contribution is 5.98. The number of pyridine rings is 1. The van der Waals surface area contributed by atoms with E-state index in [1.807, 2.05) is 36.4 Å². The van der Waals surface area contributed by atoms with Crippen molar-refractivity contribution in [2.45, 2.75) is 37.5 Å². The van der Waals surface area contributed by atoms with Gasteiger partial charge < -0.3 is 20.4 Å². The van der Waals surface area contributed by atoms with Gasteiger partial charge in [0.1, 0.15) is 23.0 Å². The number of fused-ring (bicyclic) bond motifs is 1. The van der Waals surface area contributed by atoms with Gasteiger partial charge in [-0.15, -0.1) is 0 Å². The van der Waals surface area contributed by atoms with Gasteiger partial charge in [0.25, 0.3) is 11.8 Å². The van der Waals surface area contributed by atoms with Crippen LogP contribution in [0.15, 0.2) is 89.5 Å². The Morgan fingerprint density at radius 1 is 0.936 bits per heavy atom. The van der Waals surface area contributed by atoms with Crippen LogP contribution in [-0.2, 0) is 11.2 Å². The maximum absolute atomic E-state index is 13.8. The largest absolute Gasteiger partial charge is 0.460 e. The third kappa shape index (κ3) is 6.58. The molecule has 1 saturated heterocycles. The molecular formula is C37H33F3N4O3. The second-order valence-corrected chi connectivity index (χ2v) is 12.4. The number of anilines is 1. The van der Waals surface area contributed by atoms with Crippen LogP contribution in [0, 0.1) is 11.7 Å². The average Bonchev–Trinajstić information content (AvgIpc) is 3.77. The summed E-state index contributed by atoms with van der Waals surface area (Å²) >= 11 is 0. The SMILES string of the molecule is Nc1ccc(C2CC2C(=O)NCCc2cc3cc(-c4ccc(C(=O)N5CCC(F)(F)CC5)cc4)cc(-c4ccc(F)cc4)c3o2)cn1. The molecule has 2 amide bonds. The van der Waals surface area contributed by atoms with E-state index in [4.69, 9.17) is 10.2 Å². The maximum atomic E-state index is 13.8. The van der Waals surface area contributed by atoms with Crippen molar-refractivity contribution in [2.24, 2.45) is 5.92 Å². The number of likely N-dealkylation sites (tertiary alicyclic amines) is 1. The van der Waals surface area contributed by atoms with Crippen LogP contribution < -0.4 is 11.1 Å². The minimum atomic E-state index is -2.72. The highest BCUT2D eigenvalue weighted by Gasteiger charge is 2.44. The summed E-state index contributed by atoms with van der Waals surface area (Å²) in [5, 5.41) is 3.87. The van der Waals surface area contributed by atoms with Crippen LogP contribution >= 0.6 is 0 Å². The fourth-order valence-corrected chi connectivity index (χ4v) is 6.29. The Kier molecular flexibility index (Phi) is 7.95. The molecule has 3 heterocycles. The zero-order valence-corrected chi connectivity index (χ0v) is 25.5. The number of amides is 2. The molecule has 0 radical (unpaired) electrons. The van der Waals surface area contributed by atoms with Crippen LogP contribution in [0.2, 0.25) is 0 Å². The molecule has 0 spiro atoms. The Hall–Kier alpha value is -5.12. The summed E-state index contributed by atoms with van der Waals surface area (Å²) in [7, 11) is 0. The number of furan rings is 1. The standard InChI is InChI=1S/C37H33F3N4O3/c38-28-8-5-23(6-9-28)31-19-26(22-1-3-24(4-2-22)36(46)44-15-12-37(39,40)13-16-44)17-27-18-29(47-34(27)31)11-14-42-35(45)32-20-30(32)25-7-10-33(41)43-21-25/h1-10,17-19,21,30,32H,11-16,20H2,(H2,41,43)(H,42,45). The van der Waals surface area contributed by atoms with E-state index in [2.05, 4.69) is 10.3 Å². The molecule has 2 atom stereocenters. The Balaban J connectivity index is 1.08. The molecule has 2 unspecified atom stereocenters. The molecule has 2 aliphatic rings. The number of alkyl halides is 2. The Morgan fingerprint density at radius 2 is 1.66 bits per heavy atom. The number of carbonyl (C=O) groups is 2. The van der Waals surface area contributed by atoms with E-state index in [1.165, 1.54) is 17.0 Å². The predicted octanol–water partition coefficient (Wildman–Crippen LogP) is 7.22. The number of nitrogens with zero attached hydrogens (tertiary/aromatic N) is 2. The first-order valence-electron chi connectivity index (χ1n) is 15.7. The second-order valence-electron chi connectivity index (χ2n) is 12.4. The van der Waals surface area contributed by atoms with Crippen LogP contribution in [0.1, 0.15) is 46.9 Å². The van der Waals surface area contributed by atoms with Crippen LogP contribution in [0.4, 0.5) is 19.0 Å². The molecule has 1 aliphatic heterocycles. The quantitative estimate of drug-likeness (QED) is 0.187. The summed E-state index contributed by atoms with van der Waals surface area (Å²) in [6.07, 6.45) is 2.33. The van der Waals surface area contributed by atoms with E-state index in [0.717, 1.165) is 39.6 Å². The lowest BCUT2D eigenvalue weighted by molar-refractivity contribution is -0.122. The van der Waals surface area contributed by atoms with Crippen LogP contribution in [-0.4, -0.2) is 47.3 Å². The summed E-state index contributed by atoms with van der Waals surface area (Å²) < 4.78 is 47.3. The van der Waals surface area contributed by atoms with Gasteiger partial charge in [0.15, 0.2) is 0 Å². The number of nitrogens with one attached hydrogen (secondary N) is 1. The highest BCUT2D eigenvalue weighted by atomic mass is 19.3. The molecule has 240 valence electrons. The molecule has 1 saturated carbocycles. The molecule has 0 bridgehead atoms. The Bertz CT molecular complexity index is 1930. The number of halogens is 3. The van der Waals surface area contributed by atoms with Crippen molar-refractivity contribution in [2.75, 3.05) is 25.4 Å². The van der Waals surface area contributed by atoms with E-state index in [1.54, 1.807) is 36.5 Å². The number of rotatable bonds is 8. The molecule has 2 fully saturated rings. The number of aromatic nitrogens is 1. The molecule has 2 aromatic heterocycles. The average molecular weight is 639 g/mol. The number of hydrogen-bond acceptors (Lipinski definition) is 5. The summed E-state index contributed by atoms with van der Waals surface area (Å²) in [4.78, 5) is 31.4. The lowest BCUT2D eigenvalue weighted by Gasteiger charge is -2.31. The minimum absolute atomic E-state index is 0.00243. The third-order valence-electron chi connectivity index (χ3n) is 9.11. The second kappa shape index (κ2) is 12.2. The van der Waals surface area contributed by atoms with Crippen molar-refractivity contribution in [3.63, 3.8) is 0 Å². The van der Waals surface area contributed by atoms with Crippen LogP contribution in [0.5, 0.6) is 0 Å². The lowest BCUT2D eigenvalue weighted by atomic mass is 9.96. The van der Waals surface area contributed by atoms with Crippen LogP contribution in [0.3, 0.4) is 0 Å². The molecule has 5 aromatic rings. The first kappa shape index (κ1) is 30.5. The third-order valence-corrected chi connectivity index (χ3v) is 9.11. The maximum Gasteiger partial charge on any atom is 0.253 e. The van der Waals surface area contributed by atoms with E-state index < -0.39 is 5.92 Å². The lowest BCUT2D eigenvalue weighted by Crippen LogP contribution is -2.42. The summed E-state index contributed by atoms with van der Waals surface area (Å²) in [5.74, 6) is -2.13. The first-order chi connectivity index (χ1) is 22.6. The Morgan fingerprint density at radius 3 is 2.36 bits per heavy atom. The topological polar surface area (TPSA) is 101 Å². The normalized spacial score (nSPS) is 18.7. The van der Waals surface area contributed by atoms with Gasteiger partial charge in [-0.2, -0.15) is 0 Å². The van der Waals surface area contributed by atoms with Gasteiger partial charge in [-0.25, -0.2) is 18.2 Å². The first-order valence-corrected chi connectivity index (χ1v) is 15.7. The van der Waals surface area contributed by atoms with E-state index in [0.29, 0.717) is 35.7 Å². The summed E-state index contributed by atoms with van der Waals surface area (Å²) in [6.45, 7) is 0.463. The van der Waals surface area contributed by atoms with E-state index in [-0.39, 0.29) is 55.4 Å². The van der Waals surface area contributed by atoms with Crippen molar-refractivity contribution in [1.29, 1.82) is 0 Å². The predicted molar refractivity (Wildman–Crippen MR) is 173 cm³/mol. The van der Waals surface area contributed by atoms with E-state index in [9.17, 15) is 22.8 Å². The molecule has 7 nitrogen and oxygen atoms in total. The molecule has 3 N–H and O–H groups in total. The number of nitrogen functional groups attached to an aromatic ring is 1. The number of nitrogens with two attached hydrogens (primary N) is 1. The van der Waals surface area contributed by atoms with Crippen molar-refractivity contribution < 1.29 is 27.2 Å². The molecular weight excluding hydrogens is 605 g/mol. The van der Waals surface area contributed by atoms with Crippen LogP contribution in [0.25, 0.3) is 33.2 Å². The molecule has 1 aliphatic carbocycles. The smallest absolute Gasteiger partial charge is 0.253 e. The van der Waals surface area contributed by atoms with Gasteiger partial charge in [0, 0.05) is 67.5 Å². The van der Waals surface area contributed by atoms with Crippen molar-refractivity contribution in [1.82, 2.24) is 15.2 Å². The summed E-state index contributed by atoms with van der Waals surface area (Å²) in [5.41, 5.74) is 11.0. The molecule has 10 heteroatoms. The highest BCUT2D eigenvalue weighted by Crippen LogP contribution is 2.47. The van der Waals surface area contributed by atoms with Crippen molar-refractivity contribution in [3.8, 4) is 22.3 Å². The number of hydrogen-bond donors (Lipinski definition) is 2. The van der Waals surface area contributed by atoms with Gasteiger partial charge in [0.2, 0.25) is 5.91 Å². The number of benzene rings is 3. The van der Waals surface area contributed by atoms with Gasteiger partial charge in [-0.3, -0.25) is 9.59 Å².